The van der Waals surface area contributed by atoms with Crippen LogP contribution in [0.5, 0.6) is 0 Å². The summed E-state index contributed by atoms with van der Waals surface area (Å²) in [6.07, 6.45) is 0. The molecule has 0 spiro atoms. The Bertz CT molecular complexity index is 265. The number of hydrogen-bond donors (Lipinski definition) is 3. The molecule has 1 atom stereocenters. The van der Waals surface area contributed by atoms with Crippen molar-refractivity contribution in [2.75, 3.05) is 13.1 Å². The highest BCUT2D eigenvalue weighted by Gasteiger charge is 2.38. The van der Waals surface area contributed by atoms with Gasteiger partial charge < -0.3 is 15.7 Å². The number of carbonyl (C=O) groups excluding carboxylic acids is 1. The van der Waals surface area contributed by atoms with Gasteiger partial charge in [-0.1, -0.05) is 6.92 Å². The molecule has 0 aromatic heterocycles. The van der Waals surface area contributed by atoms with E-state index in [9.17, 15) is 9.90 Å². The van der Waals surface area contributed by atoms with Gasteiger partial charge in [0.2, 0.25) is 5.91 Å². The Morgan fingerprint density at radius 3 is 2.19 bits per heavy atom. The van der Waals surface area contributed by atoms with Crippen LogP contribution in [-0.2, 0) is 4.79 Å². The molecule has 4 nitrogen and oxygen atoms in total. The van der Waals surface area contributed by atoms with Crippen molar-refractivity contribution < 1.29 is 9.90 Å². The first kappa shape index (κ1) is 13.5. The van der Waals surface area contributed by atoms with Gasteiger partial charge in [-0.15, -0.1) is 0 Å². The van der Waals surface area contributed by atoms with Gasteiger partial charge in [-0.05, 0) is 46.7 Å². The fraction of sp³-hybridized carbons (Fsp3) is 0.917. The lowest BCUT2D eigenvalue weighted by Gasteiger charge is -2.40. The van der Waals surface area contributed by atoms with Crippen molar-refractivity contribution in [1.82, 2.24) is 10.6 Å². The van der Waals surface area contributed by atoms with Gasteiger partial charge >= 0.3 is 0 Å². The van der Waals surface area contributed by atoms with Crippen molar-refractivity contribution in [2.45, 2.75) is 45.8 Å². The van der Waals surface area contributed by atoms with Crippen molar-refractivity contribution in [1.29, 1.82) is 0 Å². The van der Waals surface area contributed by atoms with Crippen LogP contribution in [0, 0.1) is 11.8 Å². The van der Waals surface area contributed by atoms with E-state index in [-0.39, 0.29) is 11.8 Å². The zero-order chi connectivity index (χ0) is 12.6. The summed E-state index contributed by atoms with van der Waals surface area (Å²) in [5.74, 6) is 0.458. The van der Waals surface area contributed by atoms with E-state index in [2.05, 4.69) is 10.6 Å². The van der Waals surface area contributed by atoms with Gasteiger partial charge in [0, 0.05) is 5.92 Å². The predicted octanol–water partition coefficient (Wildman–Crippen LogP) is 0.508. The zero-order valence-corrected chi connectivity index (χ0v) is 10.9. The molecule has 1 aliphatic rings. The highest BCUT2D eigenvalue weighted by atomic mass is 16.3. The minimum Gasteiger partial charge on any atom is -0.388 e. The van der Waals surface area contributed by atoms with E-state index < -0.39 is 11.1 Å². The Labute approximate surface area is 97.8 Å². The maximum Gasteiger partial charge on any atom is 0.223 e. The van der Waals surface area contributed by atoms with Crippen LogP contribution in [0.25, 0.3) is 0 Å². The molecule has 94 valence electrons. The van der Waals surface area contributed by atoms with Crippen molar-refractivity contribution in [3.05, 3.63) is 0 Å². The van der Waals surface area contributed by atoms with Gasteiger partial charge in [-0.3, -0.25) is 4.79 Å². The molecule has 16 heavy (non-hydrogen) atoms. The monoisotopic (exact) mass is 228 g/mol. The molecule has 1 unspecified atom stereocenters. The number of carbonyl (C=O) groups is 1. The summed E-state index contributed by atoms with van der Waals surface area (Å²) in [6, 6.07) is 0. The van der Waals surface area contributed by atoms with Crippen LogP contribution in [0.3, 0.4) is 0 Å². The molecular formula is C12H24N2O2. The Morgan fingerprint density at radius 1 is 1.38 bits per heavy atom. The minimum atomic E-state index is -0.930. The van der Waals surface area contributed by atoms with Crippen LogP contribution >= 0.6 is 0 Å². The molecule has 0 bridgehead atoms. The van der Waals surface area contributed by atoms with Gasteiger partial charge in [0.25, 0.3) is 0 Å². The van der Waals surface area contributed by atoms with Crippen LogP contribution in [0.1, 0.15) is 34.6 Å². The summed E-state index contributed by atoms with van der Waals surface area (Å²) in [5, 5.41) is 16.0. The van der Waals surface area contributed by atoms with E-state index in [4.69, 9.17) is 0 Å². The Morgan fingerprint density at radius 2 is 1.88 bits per heavy atom. The first-order valence-electron chi connectivity index (χ1n) is 5.90. The van der Waals surface area contributed by atoms with Crippen LogP contribution in [0.2, 0.25) is 0 Å². The van der Waals surface area contributed by atoms with E-state index >= 15 is 0 Å². The number of aliphatic hydroxyl groups is 1. The standard InChI is InChI=1S/C12H24N2O2/c1-8(9-6-13-7-9)10(15)14-11(2,3)12(4,5)16/h8-9,13,16H,6-7H2,1-5H3,(H,14,15). The molecule has 4 heteroatoms. The first-order valence-corrected chi connectivity index (χ1v) is 5.90. The van der Waals surface area contributed by atoms with Crippen LogP contribution < -0.4 is 10.6 Å². The maximum atomic E-state index is 12.0. The Hall–Kier alpha value is -0.610. The highest BCUT2D eigenvalue weighted by Crippen LogP contribution is 2.23. The summed E-state index contributed by atoms with van der Waals surface area (Å²) in [7, 11) is 0. The fourth-order valence-electron chi connectivity index (χ4n) is 1.45. The Kier molecular flexibility index (Phi) is 3.65. The minimum absolute atomic E-state index is 0.00266. The van der Waals surface area contributed by atoms with Crippen molar-refractivity contribution >= 4 is 5.91 Å². The Balaban J connectivity index is 2.56. The van der Waals surface area contributed by atoms with Gasteiger partial charge in [0.15, 0.2) is 0 Å². The number of rotatable bonds is 4. The highest BCUT2D eigenvalue weighted by molar-refractivity contribution is 5.79. The maximum absolute atomic E-state index is 12.0. The predicted molar refractivity (Wildman–Crippen MR) is 64.0 cm³/mol. The van der Waals surface area contributed by atoms with Gasteiger partial charge in [-0.2, -0.15) is 0 Å². The van der Waals surface area contributed by atoms with E-state index in [1.54, 1.807) is 13.8 Å². The third kappa shape index (κ3) is 2.74. The average Bonchev–Trinajstić information content (AvgIpc) is 1.97. The molecule has 0 aliphatic carbocycles. The molecule has 1 saturated heterocycles. The van der Waals surface area contributed by atoms with Crippen LogP contribution in [0.15, 0.2) is 0 Å². The lowest BCUT2D eigenvalue weighted by molar-refractivity contribution is -0.131. The molecule has 0 aromatic rings. The second-order valence-corrected chi connectivity index (χ2v) is 5.88. The molecule has 0 saturated carbocycles. The number of hydrogen-bond acceptors (Lipinski definition) is 3. The average molecular weight is 228 g/mol. The second kappa shape index (κ2) is 4.34. The smallest absolute Gasteiger partial charge is 0.223 e. The van der Waals surface area contributed by atoms with Gasteiger partial charge in [0.1, 0.15) is 0 Å². The van der Waals surface area contributed by atoms with E-state index in [0.717, 1.165) is 13.1 Å². The van der Waals surface area contributed by atoms with Gasteiger partial charge in [-0.25, -0.2) is 0 Å². The molecule has 1 rings (SSSR count). The summed E-state index contributed by atoms with van der Waals surface area (Å²) < 4.78 is 0. The van der Waals surface area contributed by atoms with E-state index in [0.29, 0.717) is 5.92 Å². The van der Waals surface area contributed by atoms with E-state index in [1.807, 2.05) is 20.8 Å². The number of nitrogens with one attached hydrogen (secondary N) is 2. The summed E-state index contributed by atoms with van der Waals surface area (Å²) >= 11 is 0. The van der Waals surface area contributed by atoms with Crippen LogP contribution in [-0.4, -0.2) is 35.2 Å². The zero-order valence-electron chi connectivity index (χ0n) is 10.9. The summed E-state index contributed by atoms with van der Waals surface area (Å²) in [6.45, 7) is 10.9. The SMILES string of the molecule is CC(C(=O)NC(C)(C)C(C)(C)O)C1CNC1. The molecule has 0 aromatic carbocycles. The second-order valence-electron chi connectivity index (χ2n) is 5.88. The molecule has 1 heterocycles. The quantitative estimate of drug-likeness (QED) is 0.657. The lowest BCUT2D eigenvalue weighted by Crippen LogP contribution is -2.60. The molecule has 0 radical (unpaired) electrons. The normalized spacial score (nSPS) is 20.1. The fourth-order valence-corrected chi connectivity index (χ4v) is 1.45. The van der Waals surface area contributed by atoms with Crippen molar-refractivity contribution in [3.63, 3.8) is 0 Å². The number of amides is 1. The topological polar surface area (TPSA) is 61.4 Å². The molecular weight excluding hydrogens is 204 g/mol. The molecule has 1 aliphatic heterocycles. The molecule has 1 amide bonds. The summed E-state index contributed by atoms with van der Waals surface area (Å²) in [5.41, 5.74) is -1.55. The van der Waals surface area contributed by atoms with Crippen LogP contribution in [0.4, 0.5) is 0 Å². The third-order valence-corrected chi connectivity index (χ3v) is 3.90. The third-order valence-electron chi connectivity index (χ3n) is 3.90. The van der Waals surface area contributed by atoms with Crippen molar-refractivity contribution in [3.8, 4) is 0 Å². The summed E-state index contributed by atoms with van der Waals surface area (Å²) in [4.78, 5) is 12.0. The lowest BCUT2D eigenvalue weighted by atomic mass is 9.83. The largest absolute Gasteiger partial charge is 0.388 e. The van der Waals surface area contributed by atoms with E-state index in [1.165, 1.54) is 0 Å². The molecule has 1 fully saturated rings. The van der Waals surface area contributed by atoms with Gasteiger partial charge in [0.05, 0.1) is 11.1 Å². The molecule has 3 N–H and O–H groups in total. The first-order chi connectivity index (χ1) is 7.15. The van der Waals surface area contributed by atoms with Crippen molar-refractivity contribution in [2.24, 2.45) is 11.8 Å².